The highest BCUT2D eigenvalue weighted by Crippen LogP contribution is 1.99. The van der Waals surface area contributed by atoms with Crippen molar-refractivity contribution in [2.24, 2.45) is 0 Å². The van der Waals surface area contributed by atoms with Gasteiger partial charge in [-0.3, -0.25) is 9.59 Å². The molecule has 5 nitrogen and oxygen atoms in total. The average Bonchev–Trinajstić information content (AvgIpc) is 2.37. The van der Waals surface area contributed by atoms with E-state index in [1.165, 1.54) is 12.8 Å². The summed E-state index contributed by atoms with van der Waals surface area (Å²) in [6.07, 6.45) is 5.48. The first kappa shape index (κ1) is 17.9. The van der Waals surface area contributed by atoms with Gasteiger partial charge < -0.3 is 15.3 Å². The minimum atomic E-state index is -0.751. The molecule has 0 saturated carbocycles. The molecule has 0 aliphatic rings. The molecular weight excluding hydrogens is 244 g/mol. The van der Waals surface area contributed by atoms with Crippen molar-refractivity contribution < 1.29 is 14.7 Å². The van der Waals surface area contributed by atoms with Crippen LogP contribution in [-0.4, -0.2) is 48.6 Å². The predicted molar refractivity (Wildman–Crippen MR) is 76.1 cm³/mol. The van der Waals surface area contributed by atoms with Crippen LogP contribution >= 0.6 is 0 Å². The smallest absolute Gasteiger partial charge is 0.303 e. The number of carbonyl (C=O) groups excluding carboxylic acids is 1. The number of amides is 1. The van der Waals surface area contributed by atoms with Crippen molar-refractivity contribution in [3.63, 3.8) is 0 Å². The molecular formula is C14H28N2O3. The zero-order chi connectivity index (χ0) is 14.5. The van der Waals surface area contributed by atoms with Gasteiger partial charge in [0.2, 0.25) is 5.91 Å². The normalized spacial score (nSPS) is 10.7. The molecule has 0 fully saturated rings. The Morgan fingerprint density at radius 2 is 1.79 bits per heavy atom. The van der Waals surface area contributed by atoms with E-state index in [0.29, 0.717) is 19.4 Å². The number of hydrogen-bond donors (Lipinski definition) is 2. The van der Waals surface area contributed by atoms with E-state index in [0.717, 1.165) is 25.9 Å². The summed E-state index contributed by atoms with van der Waals surface area (Å²) in [5.74, 6) is -0.666. The minimum Gasteiger partial charge on any atom is -0.481 e. The molecule has 0 aromatic heterocycles. The molecule has 0 radical (unpaired) electrons. The first-order chi connectivity index (χ1) is 9.06. The van der Waals surface area contributed by atoms with E-state index in [1.807, 2.05) is 7.05 Å². The van der Waals surface area contributed by atoms with Crippen LogP contribution in [-0.2, 0) is 9.59 Å². The summed E-state index contributed by atoms with van der Waals surface area (Å²) in [4.78, 5) is 24.0. The largest absolute Gasteiger partial charge is 0.481 e. The average molecular weight is 272 g/mol. The topological polar surface area (TPSA) is 69.6 Å². The van der Waals surface area contributed by atoms with E-state index in [-0.39, 0.29) is 12.3 Å². The second kappa shape index (κ2) is 12.0. The number of unbranched alkanes of at least 4 members (excludes halogenated alkanes) is 3. The van der Waals surface area contributed by atoms with Gasteiger partial charge >= 0.3 is 5.97 Å². The molecule has 0 bridgehead atoms. The van der Waals surface area contributed by atoms with Gasteiger partial charge in [-0.1, -0.05) is 19.8 Å². The number of hydrogen-bond acceptors (Lipinski definition) is 3. The van der Waals surface area contributed by atoms with Crippen molar-refractivity contribution in [2.45, 2.75) is 51.9 Å². The molecule has 0 aromatic carbocycles. The summed E-state index contributed by atoms with van der Waals surface area (Å²) in [5, 5.41) is 11.3. The zero-order valence-corrected chi connectivity index (χ0v) is 12.3. The monoisotopic (exact) mass is 272 g/mol. The Kier molecular flexibility index (Phi) is 11.3. The molecule has 19 heavy (non-hydrogen) atoms. The van der Waals surface area contributed by atoms with Crippen molar-refractivity contribution >= 4 is 11.9 Å². The van der Waals surface area contributed by atoms with Gasteiger partial charge in [-0.05, 0) is 32.9 Å². The highest BCUT2D eigenvalue weighted by atomic mass is 16.4. The minimum absolute atomic E-state index is 0.0848. The lowest BCUT2D eigenvalue weighted by atomic mass is 10.2. The summed E-state index contributed by atoms with van der Waals surface area (Å²) >= 11 is 0. The van der Waals surface area contributed by atoms with Gasteiger partial charge in [0.15, 0.2) is 0 Å². The van der Waals surface area contributed by atoms with Crippen molar-refractivity contribution in [1.82, 2.24) is 10.2 Å². The third kappa shape index (κ3) is 13.1. The Balaban J connectivity index is 3.36. The van der Waals surface area contributed by atoms with Gasteiger partial charge in [-0.25, -0.2) is 0 Å². The maximum absolute atomic E-state index is 11.5. The van der Waals surface area contributed by atoms with Crippen LogP contribution in [0.2, 0.25) is 0 Å². The van der Waals surface area contributed by atoms with E-state index >= 15 is 0 Å². The highest BCUT2D eigenvalue weighted by Gasteiger charge is 2.03. The molecule has 0 atom stereocenters. The standard InChI is InChI=1S/C14H28N2O3/c1-3-4-11-16(2)12-9-13(17)15-10-7-5-6-8-14(18)19/h3-12H2,1-2H3,(H,15,17)(H,18,19). The molecule has 2 N–H and O–H groups in total. The Morgan fingerprint density at radius 3 is 2.42 bits per heavy atom. The quantitative estimate of drug-likeness (QED) is 0.532. The molecule has 0 unspecified atom stereocenters. The van der Waals surface area contributed by atoms with Crippen LogP contribution in [0, 0.1) is 0 Å². The lowest BCUT2D eigenvalue weighted by Crippen LogP contribution is -2.29. The second-order valence-corrected chi connectivity index (χ2v) is 4.96. The van der Waals surface area contributed by atoms with Crippen molar-refractivity contribution in [3.8, 4) is 0 Å². The third-order valence-electron chi connectivity index (χ3n) is 3.00. The fourth-order valence-corrected chi connectivity index (χ4v) is 1.73. The molecule has 0 aliphatic heterocycles. The molecule has 0 spiro atoms. The van der Waals surface area contributed by atoms with Crippen molar-refractivity contribution in [3.05, 3.63) is 0 Å². The Hall–Kier alpha value is -1.10. The first-order valence-electron chi connectivity index (χ1n) is 7.23. The number of nitrogens with one attached hydrogen (secondary N) is 1. The maximum Gasteiger partial charge on any atom is 0.303 e. The molecule has 1 amide bonds. The van der Waals surface area contributed by atoms with Crippen LogP contribution in [0.25, 0.3) is 0 Å². The van der Waals surface area contributed by atoms with Crippen LogP contribution in [0.4, 0.5) is 0 Å². The van der Waals surface area contributed by atoms with Crippen LogP contribution in [0.1, 0.15) is 51.9 Å². The number of carbonyl (C=O) groups is 2. The summed E-state index contributed by atoms with van der Waals surface area (Å²) in [6.45, 7) is 4.64. The number of carboxylic acids is 1. The fourth-order valence-electron chi connectivity index (χ4n) is 1.73. The predicted octanol–water partition coefficient (Wildman–Crippen LogP) is 1.87. The van der Waals surface area contributed by atoms with E-state index in [2.05, 4.69) is 17.1 Å². The number of rotatable bonds is 12. The number of carboxylic acid groups (broad SMARTS) is 1. The molecule has 0 heterocycles. The van der Waals surface area contributed by atoms with Crippen LogP contribution < -0.4 is 5.32 Å². The van der Waals surface area contributed by atoms with Gasteiger partial charge in [0.1, 0.15) is 0 Å². The van der Waals surface area contributed by atoms with E-state index < -0.39 is 5.97 Å². The number of nitrogens with zero attached hydrogens (tertiary/aromatic N) is 1. The Labute approximate surface area is 116 Å². The third-order valence-corrected chi connectivity index (χ3v) is 3.00. The van der Waals surface area contributed by atoms with Gasteiger partial charge in [0, 0.05) is 25.9 Å². The van der Waals surface area contributed by atoms with E-state index in [1.54, 1.807) is 0 Å². The molecule has 112 valence electrons. The first-order valence-corrected chi connectivity index (χ1v) is 7.23. The Morgan fingerprint density at radius 1 is 1.05 bits per heavy atom. The maximum atomic E-state index is 11.5. The highest BCUT2D eigenvalue weighted by molar-refractivity contribution is 5.75. The Bertz CT molecular complexity index is 257. The second-order valence-electron chi connectivity index (χ2n) is 4.96. The zero-order valence-electron chi connectivity index (χ0n) is 12.3. The van der Waals surface area contributed by atoms with Gasteiger partial charge in [0.05, 0.1) is 0 Å². The molecule has 5 heteroatoms. The van der Waals surface area contributed by atoms with Crippen molar-refractivity contribution in [1.29, 1.82) is 0 Å². The summed E-state index contributed by atoms with van der Waals surface area (Å²) in [6, 6.07) is 0. The lowest BCUT2D eigenvalue weighted by Gasteiger charge is -2.15. The van der Waals surface area contributed by atoms with Crippen LogP contribution in [0.3, 0.4) is 0 Å². The summed E-state index contributed by atoms with van der Waals surface area (Å²) < 4.78 is 0. The number of aliphatic carboxylic acids is 1. The summed E-state index contributed by atoms with van der Waals surface area (Å²) in [5.41, 5.74) is 0. The molecule has 0 aromatic rings. The van der Waals surface area contributed by atoms with Crippen LogP contribution in [0.15, 0.2) is 0 Å². The van der Waals surface area contributed by atoms with Gasteiger partial charge in [0.25, 0.3) is 0 Å². The molecule has 0 aliphatic carbocycles. The molecule has 0 saturated heterocycles. The summed E-state index contributed by atoms with van der Waals surface area (Å²) in [7, 11) is 2.04. The van der Waals surface area contributed by atoms with E-state index in [9.17, 15) is 9.59 Å². The molecule has 0 rings (SSSR count). The van der Waals surface area contributed by atoms with Crippen molar-refractivity contribution in [2.75, 3.05) is 26.7 Å². The SMILES string of the molecule is CCCCN(C)CCC(=O)NCCCCCC(=O)O. The lowest BCUT2D eigenvalue weighted by molar-refractivity contribution is -0.137. The fraction of sp³-hybridized carbons (Fsp3) is 0.857. The van der Waals surface area contributed by atoms with Crippen LogP contribution in [0.5, 0.6) is 0 Å². The van der Waals surface area contributed by atoms with Gasteiger partial charge in [-0.15, -0.1) is 0 Å². The van der Waals surface area contributed by atoms with Gasteiger partial charge in [-0.2, -0.15) is 0 Å². The van der Waals surface area contributed by atoms with E-state index in [4.69, 9.17) is 5.11 Å².